The number of likely N-dealkylation sites (N-methyl/N-ethyl adjacent to an activating group) is 1. The van der Waals surface area contributed by atoms with Crippen molar-refractivity contribution >= 4 is 17.3 Å². The molecule has 3 aliphatic heterocycles. The first-order valence-corrected chi connectivity index (χ1v) is 19.3. The predicted molar refractivity (Wildman–Crippen MR) is 195 cm³/mol. The molecule has 13 atom stereocenters. The zero-order valence-electron chi connectivity index (χ0n) is 32.6. The number of phenolic OH excluding ortho intramolecular Hbond substituents is 4. The number of aromatic hydroxyl groups is 4. The lowest BCUT2D eigenvalue weighted by atomic mass is 9.70. The fourth-order valence-electron chi connectivity index (χ4n) is 8.94. The Labute approximate surface area is 328 Å². The van der Waals surface area contributed by atoms with Gasteiger partial charge in [-0.3, -0.25) is 14.4 Å². The standard InChI is InChI=1S/C40H51NO16/c1-7-40(51)14-23(29-32(39(40)50)36(49)31-30(35(29)48)33(46)27-20(43)8-9-21(44)28(27)34(31)47)55-25-12-18(41(5)6)37(16(3)53-25)57-26-13-22(45)38(17(4)54-26)56-24-11-10-19(42)15(2)52-24/h8-9,15-18,22-26,37-39,43-45,48-51H,7,10-14H2,1-6H3/t15?,16?,17?,18?,22?,23-,24?,25?,26?,37?,38?,39+,40+/m0/s1. The first-order chi connectivity index (χ1) is 26.9. The van der Waals surface area contributed by atoms with Gasteiger partial charge >= 0.3 is 0 Å². The van der Waals surface area contributed by atoms with Gasteiger partial charge in [0, 0.05) is 49.3 Å². The minimum Gasteiger partial charge on any atom is -0.507 e. The third-order valence-electron chi connectivity index (χ3n) is 12.2. The van der Waals surface area contributed by atoms with Crippen LogP contribution in [0.2, 0.25) is 0 Å². The predicted octanol–water partition coefficient (Wildman–Crippen LogP) is 2.35. The van der Waals surface area contributed by atoms with Crippen LogP contribution in [0.5, 0.6) is 23.0 Å². The van der Waals surface area contributed by atoms with Gasteiger partial charge in [0.2, 0.25) is 11.6 Å². The number of Topliss-reactive ketones (excluding diaryl/α,β-unsaturated/α-hetero) is 1. The summed E-state index contributed by atoms with van der Waals surface area (Å²) in [7, 11) is 3.67. The number of hydrogen-bond acceptors (Lipinski definition) is 17. The van der Waals surface area contributed by atoms with Gasteiger partial charge in [0.1, 0.15) is 47.4 Å². The Morgan fingerprint density at radius 3 is 1.84 bits per heavy atom. The summed E-state index contributed by atoms with van der Waals surface area (Å²) in [5.74, 6) is -5.11. The second-order valence-corrected chi connectivity index (χ2v) is 16.0. The molecule has 3 heterocycles. The number of phenols is 4. The van der Waals surface area contributed by atoms with Gasteiger partial charge in [-0.2, -0.15) is 0 Å². The Morgan fingerprint density at radius 2 is 1.30 bits per heavy atom. The summed E-state index contributed by atoms with van der Waals surface area (Å²) >= 11 is 0. The number of ether oxygens (including phenoxy) is 6. The molecule has 0 bridgehead atoms. The number of carbonyl (C=O) groups excluding carboxylic acids is 3. The fraction of sp³-hybridized carbons (Fsp3) is 0.625. The number of fused-ring (bicyclic) bond motifs is 3. The Bertz CT molecular complexity index is 1920. The molecular weight excluding hydrogens is 750 g/mol. The average molecular weight is 802 g/mol. The topological polar surface area (TPSA) is 251 Å². The zero-order valence-corrected chi connectivity index (χ0v) is 32.6. The van der Waals surface area contributed by atoms with Gasteiger partial charge in [0.25, 0.3) is 0 Å². The molecule has 5 aliphatic rings. The van der Waals surface area contributed by atoms with Crippen molar-refractivity contribution in [3.05, 3.63) is 45.5 Å². The maximum absolute atomic E-state index is 13.8. The van der Waals surface area contributed by atoms with Crippen molar-refractivity contribution in [1.82, 2.24) is 4.90 Å². The molecule has 2 aromatic rings. The molecule has 3 fully saturated rings. The summed E-state index contributed by atoms with van der Waals surface area (Å²) in [4.78, 5) is 41.4. The molecular formula is C40H51NO16. The quantitative estimate of drug-likeness (QED) is 0.162. The molecule has 0 saturated carbocycles. The van der Waals surface area contributed by atoms with Crippen molar-refractivity contribution in [2.24, 2.45) is 0 Å². The van der Waals surface area contributed by atoms with Gasteiger partial charge in [-0.25, -0.2) is 0 Å². The Kier molecular flexibility index (Phi) is 11.2. The van der Waals surface area contributed by atoms with Crippen LogP contribution in [0.3, 0.4) is 0 Å². The summed E-state index contributed by atoms with van der Waals surface area (Å²) in [6.45, 7) is 6.78. The van der Waals surface area contributed by atoms with E-state index in [2.05, 4.69) is 0 Å². The van der Waals surface area contributed by atoms with E-state index in [0.29, 0.717) is 12.8 Å². The highest BCUT2D eigenvalue weighted by molar-refractivity contribution is 6.32. The van der Waals surface area contributed by atoms with Crippen molar-refractivity contribution in [3.63, 3.8) is 0 Å². The van der Waals surface area contributed by atoms with Crippen LogP contribution in [-0.4, -0.2) is 139 Å². The molecule has 2 aliphatic carbocycles. The van der Waals surface area contributed by atoms with Crippen LogP contribution in [0.1, 0.15) is 121 Å². The molecule has 0 aromatic heterocycles. The lowest BCUT2D eigenvalue weighted by molar-refractivity contribution is -0.325. The molecule has 7 rings (SSSR count). The average Bonchev–Trinajstić information content (AvgIpc) is 3.14. The van der Waals surface area contributed by atoms with Crippen molar-refractivity contribution < 1.29 is 78.6 Å². The molecule has 2 aromatic carbocycles. The van der Waals surface area contributed by atoms with E-state index in [-0.39, 0.29) is 43.1 Å². The molecule has 0 radical (unpaired) electrons. The van der Waals surface area contributed by atoms with Crippen LogP contribution < -0.4 is 0 Å². The lowest BCUT2D eigenvalue weighted by Crippen LogP contribution is -2.58. The Morgan fingerprint density at radius 1 is 0.754 bits per heavy atom. The van der Waals surface area contributed by atoms with Crippen molar-refractivity contribution in [1.29, 1.82) is 0 Å². The minimum atomic E-state index is -1.93. The maximum atomic E-state index is 13.8. The number of benzene rings is 2. The summed E-state index contributed by atoms with van der Waals surface area (Å²) in [5, 5.41) is 78.8. The van der Waals surface area contributed by atoms with E-state index in [4.69, 9.17) is 28.4 Å². The number of carbonyl (C=O) groups is 3. The minimum absolute atomic E-state index is 0.00497. The van der Waals surface area contributed by atoms with Crippen LogP contribution in [0.15, 0.2) is 12.1 Å². The smallest absolute Gasteiger partial charge is 0.202 e. The summed E-state index contributed by atoms with van der Waals surface area (Å²) < 4.78 is 37.2. The van der Waals surface area contributed by atoms with Crippen molar-refractivity contribution in [2.75, 3.05) is 14.1 Å². The summed E-state index contributed by atoms with van der Waals surface area (Å²) in [6, 6.07) is 1.64. The first-order valence-electron chi connectivity index (χ1n) is 19.3. The molecule has 17 nitrogen and oxygen atoms in total. The molecule has 10 unspecified atom stereocenters. The Balaban J connectivity index is 1.13. The van der Waals surface area contributed by atoms with Gasteiger partial charge in [0.05, 0.1) is 52.3 Å². The van der Waals surface area contributed by atoms with E-state index in [9.17, 15) is 50.1 Å². The third-order valence-corrected chi connectivity index (χ3v) is 12.2. The third kappa shape index (κ3) is 7.11. The first kappa shape index (κ1) is 41.4. The Hall–Kier alpha value is -3.75. The number of hydrogen-bond donors (Lipinski definition) is 7. The molecule has 57 heavy (non-hydrogen) atoms. The van der Waals surface area contributed by atoms with E-state index in [1.54, 1.807) is 27.7 Å². The number of ketones is 3. The number of aliphatic hydroxyl groups excluding tert-OH is 2. The van der Waals surface area contributed by atoms with Crippen LogP contribution in [0, 0.1) is 0 Å². The van der Waals surface area contributed by atoms with E-state index in [1.165, 1.54) is 0 Å². The highest BCUT2D eigenvalue weighted by atomic mass is 16.7. The highest BCUT2D eigenvalue weighted by Gasteiger charge is 2.53. The SMILES string of the molecule is CC[C@@]1(O)C[C@H](OC2CC(N(C)C)C(OC3CC(O)C(OC4CCC(=O)C(C)O4)C(C)O3)C(C)O2)c2c(O)c3c(c(O)c2[C@H]1O)C(=O)c1c(O)ccc(O)c1C3=O. The number of rotatable bonds is 8. The van der Waals surface area contributed by atoms with Crippen LogP contribution in [-0.2, 0) is 33.2 Å². The second-order valence-electron chi connectivity index (χ2n) is 16.0. The molecule has 0 amide bonds. The number of aliphatic hydroxyl groups is 3. The van der Waals surface area contributed by atoms with E-state index < -0.39 is 136 Å². The normalized spacial score (nSPS) is 36.8. The summed E-state index contributed by atoms with van der Waals surface area (Å²) in [6.07, 6.45) is -9.24. The number of nitrogens with zero attached hydrogens (tertiary/aromatic N) is 1. The van der Waals surface area contributed by atoms with Gasteiger partial charge in [-0.05, 0) is 53.4 Å². The maximum Gasteiger partial charge on any atom is 0.202 e. The molecule has 0 spiro atoms. The molecule has 7 N–H and O–H groups in total. The van der Waals surface area contributed by atoms with Crippen molar-refractivity contribution in [2.45, 2.75) is 146 Å². The van der Waals surface area contributed by atoms with Crippen LogP contribution in [0.25, 0.3) is 0 Å². The zero-order chi connectivity index (χ0) is 41.4. The van der Waals surface area contributed by atoms with Gasteiger partial charge in [-0.15, -0.1) is 0 Å². The molecule has 3 saturated heterocycles. The van der Waals surface area contributed by atoms with Gasteiger partial charge in [-0.1, -0.05) is 6.92 Å². The largest absolute Gasteiger partial charge is 0.507 e. The van der Waals surface area contributed by atoms with Gasteiger partial charge < -0.3 is 69.1 Å². The van der Waals surface area contributed by atoms with E-state index in [1.807, 2.05) is 19.0 Å². The van der Waals surface area contributed by atoms with Crippen LogP contribution in [0.4, 0.5) is 0 Å². The highest BCUT2D eigenvalue weighted by Crippen LogP contribution is 2.57. The summed E-state index contributed by atoms with van der Waals surface area (Å²) in [5.41, 5.74) is -5.10. The second kappa shape index (κ2) is 15.4. The monoisotopic (exact) mass is 801 g/mol. The van der Waals surface area contributed by atoms with Gasteiger partial charge in [0.15, 0.2) is 24.7 Å². The molecule has 17 heteroatoms. The molecule has 312 valence electrons. The van der Waals surface area contributed by atoms with Crippen molar-refractivity contribution in [3.8, 4) is 23.0 Å². The fourth-order valence-corrected chi connectivity index (χ4v) is 8.94. The van der Waals surface area contributed by atoms with E-state index in [0.717, 1.165) is 12.1 Å². The lowest BCUT2D eigenvalue weighted by Gasteiger charge is -2.48. The van der Waals surface area contributed by atoms with E-state index >= 15 is 0 Å². The van der Waals surface area contributed by atoms with Crippen LogP contribution >= 0.6 is 0 Å².